The molecule has 8 nitrogen and oxygen atoms in total. The minimum atomic E-state index is 0.752. The average molecular weight is 420 g/mol. The van der Waals surface area contributed by atoms with Gasteiger partial charge >= 0.3 is 0 Å². The van der Waals surface area contributed by atoms with Crippen molar-refractivity contribution < 1.29 is 4.74 Å². The molecule has 31 heavy (non-hydrogen) atoms. The van der Waals surface area contributed by atoms with Gasteiger partial charge in [-0.15, -0.1) is 0 Å². The van der Waals surface area contributed by atoms with Gasteiger partial charge in [-0.3, -0.25) is 5.10 Å². The molecule has 2 aromatic heterocycles. The maximum absolute atomic E-state index is 5.36. The van der Waals surface area contributed by atoms with Gasteiger partial charge in [0, 0.05) is 43.8 Å². The minimum Gasteiger partial charge on any atom is -0.497 e. The van der Waals surface area contributed by atoms with Gasteiger partial charge in [-0.25, -0.2) is 4.98 Å². The summed E-state index contributed by atoms with van der Waals surface area (Å²) in [5, 5.41) is 12.1. The predicted octanol–water partition coefficient (Wildman–Crippen LogP) is 3.16. The Balaban J connectivity index is 1.26. The normalized spacial score (nSPS) is 15.7. The molecule has 162 valence electrons. The van der Waals surface area contributed by atoms with Gasteiger partial charge in [-0.1, -0.05) is 0 Å². The van der Waals surface area contributed by atoms with Crippen LogP contribution in [0.2, 0.25) is 0 Å². The molecule has 0 unspecified atom stereocenters. The molecule has 0 amide bonds. The van der Waals surface area contributed by atoms with E-state index in [-0.39, 0.29) is 0 Å². The van der Waals surface area contributed by atoms with Gasteiger partial charge in [0.1, 0.15) is 11.4 Å². The van der Waals surface area contributed by atoms with Crippen LogP contribution >= 0.6 is 0 Å². The first-order valence-corrected chi connectivity index (χ1v) is 10.9. The predicted molar refractivity (Wildman–Crippen MR) is 125 cm³/mol. The average Bonchev–Trinajstić information content (AvgIpc) is 3.40. The van der Waals surface area contributed by atoms with Crippen LogP contribution in [0.25, 0.3) is 33.5 Å². The zero-order valence-electron chi connectivity index (χ0n) is 18.1. The van der Waals surface area contributed by atoms with Gasteiger partial charge < -0.3 is 24.8 Å². The molecular weight excluding hydrogens is 390 g/mol. The van der Waals surface area contributed by atoms with Crippen molar-refractivity contribution in [1.29, 1.82) is 0 Å². The van der Waals surface area contributed by atoms with Crippen molar-refractivity contribution in [3.63, 3.8) is 0 Å². The summed E-state index contributed by atoms with van der Waals surface area (Å²) in [5.41, 5.74) is 4.79. The van der Waals surface area contributed by atoms with Gasteiger partial charge in [0.2, 0.25) is 0 Å². The van der Waals surface area contributed by atoms with E-state index in [2.05, 4.69) is 49.5 Å². The highest BCUT2D eigenvalue weighted by Crippen LogP contribution is 2.29. The fraction of sp³-hybridized carbons (Fsp3) is 0.391. The number of nitrogens with zero attached hydrogens (tertiary/aromatic N) is 4. The van der Waals surface area contributed by atoms with E-state index in [0.717, 1.165) is 64.4 Å². The Kier molecular flexibility index (Phi) is 5.48. The van der Waals surface area contributed by atoms with Crippen molar-refractivity contribution in [3.8, 4) is 17.3 Å². The number of aromatic amines is 2. The fourth-order valence-corrected chi connectivity index (χ4v) is 4.14. The number of fused-ring (bicyclic) bond motifs is 2. The molecule has 1 aliphatic rings. The Hall–Kier alpha value is -3.10. The number of aromatic nitrogens is 4. The maximum Gasteiger partial charge on any atom is 0.159 e. The monoisotopic (exact) mass is 419 g/mol. The van der Waals surface area contributed by atoms with Gasteiger partial charge in [0.15, 0.2) is 5.82 Å². The highest BCUT2D eigenvalue weighted by atomic mass is 16.5. The summed E-state index contributed by atoms with van der Waals surface area (Å²) in [6, 6.07) is 12.1. The maximum atomic E-state index is 5.36. The molecule has 8 heteroatoms. The number of rotatable bonds is 7. The number of likely N-dealkylation sites (N-methyl/N-ethyl adjacent to an activating group) is 1. The lowest BCUT2D eigenvalue weighted by Gasteiger charge is -2.32. The van der Waals surface area contributed by atoms with E-state index in [1.165, 1.54) is 26.2 Å². The number of benzene rings is 2. The number of hydrogen-bond donors (Lipinski definition) is 3. The smallest absolute Gasteiger partial charge is 0.159 e. The number of H-pyrrole nitrogens is 2. The molecule has 1 saturated heterocycles. The van der Waals surface area contributed by atoms with Crippen LogP contribution in [0.15, 0.2) is 36.4 Å². The molecular formula is C23H29N7O. The molecule has 0 aliphatic carbocycles. The minimum absolute atomic E-state index is 0.752. The summed E-state index contributed by atoms with van der Waals surface area (Å²) < 4.78 is 5.36. The van der Waals surface area contributed by atoms with Crippen LogP contribution in [-0.2, 0) is 0 Å². The summed E-state index contributed by atoms with van der Waals surface area (Å²) >= 11 is 0. The van der Waals surface area contributed by atoms with Crippen LogP contribution in [-0.4, -0.2) is 83.4 Å². The summed E-state index contributed by atoms with van der Waals surface area (Å²) in [7, 11) is 3.86. The molecule has 0 saturated carbocycles. The molecule has 0 spiro atoms. The van der Waals surface area contributed by atoms with Crippen molar-refractivity contribution >= 4 is 27.6 Å². The van der Waals surface area contributed by atoms with Crippen LogP contribution in [0, 0.1) is 0 Å². The quantitative estimate of drug-likeness (QED) is 0.399. The number of nitrogens with one attached hydrogen (secondary N) is 3. The van der Waals surface area contributed by atoms with Crippen LogP contribution in [0.3, 0.4) is 0 Å². The van der Waals surface area contributed by atoms with E-state index in [1.54, 1.807) is 7.11 Å². The lowest BCUT2D eigenvalue weighted by atomic mass is 10.2. The fourth-order valence-electron chi connectivity index (χ4n) is 4.14. The zero-order valence-corrected chi connectivity index (χ0v) is 18.1. The summed E-state index contributed by atoms with van der Waals surface area (Å²) in [5.74, 6) is 1.55. The van der Waals surface area contributed by atoms with E-state index in [0.29, 0.717) is 0 Å². The number of piperazine rings is 1. The summed E-state index contributed by atoms with van der Waals surface area (Å²) in [4.78, 5) is 13.1. The van der Waals surface area contributed by atoms with E-state index in [9.17, 15) is 0 Å². The zero-order chi connectivity index (χ0) is 21.2. The molecule has 0 bridgehead atoms. The molecule has 0 atom stereocenters. The third-order valence-electron chi connectivity index (χ3n) is 6.05. The molecule has 1 aliphatic heterocycles. The molecule has 0 radical (unpaired) electrons. The highest BCUT2D eigenvalue weighted by Gasteiger charge is 2.14. The number of imidazole rings is 1. The second-order valence-electron chi connectivity index (χ2n) is 8.23. The summed E-state index contributed by atoms with van der Waals surface area (Å²) in [6.07, 6.45) is 1.14. The topological polar surface area (TPSA) is 85.1 Å². The van der Waals surface area contributed by atoms with Gasteiger partial charge in [0.25, 0.3) is 0 Å². The van der Waals surface area contributed by atoms with Crippen molar-refractivity contribution in [2.75, 3.05) is 58.7 Å². The Labute approximate surface area is 181 Å². The van der Waals surface area contributed by atoms with E-state index in [1.807, 2.05) is 24.3 Å². The first kappa shape index (κ1) is 19.8. The summed E-state index contributed by atoms with van der Waals surface area (Å²) in [6.45, 7) is 6.80. The second-order valence-corrected chi connectivity index (χ2v) is 8.23. The van der Waals surface area contributed by atoms with Crippen molar-refractivity contribution in [2.45, 2.75) is 6.42 Å². The Morgan fingerprint density at radius 1 is 1.06 bits per heavy atom. The first-order chi connectivity index (χ1) is 15.2. The lowest BCUT2D eigenvalue weighted by molar-refractivity contribution is 0.154. The molecule has 5 rings (SSSR count). The standard InChI is InChI=1S/C23H29N7O/c1-29-10-12-30(13-11-29)9-3-8-24-16-4-6-20-21(14-16)26-23(25-20)22-18-15-17(31-2)5-7-19(18)27-28-22/h4-7,14-15,24H,3,8-13H2,1-2H3,(H,25,26)(H,27,28). The van der Waals surface area contributed by atoms with Crippen molar-refractivity contribution in [3.05, 3.63) is 36.4 Å². The van der Waals surface area contributed by atoms with Crippen LogP contribution < -0.4 is 10.1 Å². The number of anilines is 1. The SMILES string of the molecule is COc1ccc2[nH]nc(-c3nc4ccc(NCCCN5CCN(C)CC5)cc4[nH]3)c2c1. The van der Waals surface area contributed by atoms with Crippen molar-refractivity contribution in [2.24, 2.45) is 0 Å². The lowest BCUT2D eigenvalue weighted by Crippen LogP contribution is -2.44. The Morgan fingerprint density at radius 3 is 2.77 bits per heavy atom. The molecule has 2 aromatic carbocycles. The van der Waals surface area contributed by atoms with Crippen LogP contribution in [0.1, 0.15) is 6.42 Å². The Bertz CT molecular complexity index is 1170. The number of methoxy groups -OCH3 is 1. The second kappa shape index (κ2) is 8.56. The molecule has 3 N–H and O–H groups in total. The molecule has 4 aromatic rings. The largest absolute Gasteiger partial charge is 0.497 e. The van der Waals surface area contributed by atoms with E-state index >= 15 is 0 Å². The number of ether oxygens (including phenoxy) is 1. The number of hydrogen-bond acceptors (Lipinski definition) is 6. The van der Waals surface area contributed by atoms with Gasteiger partial charge in [-0.2, -0.15) is 5.10 Å². The first-order valence-electron chi connectivity index (χ1n) is 10.9. The third-order valence-corrected chi connectivity index (χ3v) is 6.05. The van der Waals surface area contributed by atoms with Crippen LogP contribution in [0.4, 0.5) is 5.69 Å². The van der Waals surface area contributed by atoms with E-state index < -0.39 is 0 Å². The van der Waals surface area contributed by atoms with Crippen molar-refractivity contribution in [1.82, 2.24) is 30.0 Å². The van der Waals surface area contributed by atoms with Gasteiger partial charge in [0.05, 0.1) is 23.7 Å². The van der Waals surface area contributed by atoms with Gasteiger partial charge in [-0.05, 0) is 56.4 Å². The molecule has 3 heterocycles. The van der Waals surface area contributed by atoms with Crippen LogP contribution in [0.5, 0.6) is 5.75 Å². The highest BCUT2D eigenvalue weighted by molar-refractivity contribution is 5.94. The third kappa shape index (κ3) is 4.22. The molecule has 1 fully saturated rings. The van der Waals surface area contributed by atoms with E-state index in [4.69, 9.17) is 9.72 Å². The Morgan fingerprint density at radius 2 is 1.94 bits per heavy atom.